The third-order valence-corrected chi connectivity index (χ3v) is 4.57. The first-order valence-electron chi connectivity index (χ1n) is 8.54. The molecule has 1 aliphatic heterocycles. The van der Waals surface area contributed by atoms with Gasteiger partial charge in [-0.05, 0) is 18.1 Å². The summed E-state index contributed by atoms with van der Waals surface area (Å²) in [7, 11) is 0. The van der Waals surface area contributed by atoms with Gasteiger partial charge in [-0.3, -0.25) is 4.79 Å². The number of ether oxygens (including phenoxy) is 1. The highest BCUT2D eigenvalue weighted by Crippen LogP contribution is 2.28. The van der Waals surface area contributed by atoms with Gasteiger partial charge in [-0.2, -0.15) is 14.6 Å². The number of morpholine rings is 1. The number of rotatable bonds is 3. The molecule has 4 rings (SSSR count). The molecule has 1 N–H and O–H groups in total. The fourth-order valence-electron chi connectivity index (χ4n) is 3.32. The summed E-state index contributed by atoms with van der Waals surface area (Å²) < 4.78 is 6.76. The summed E-state index contributed by atoms with van der Waals surface area (Å²) in [6.45, 7) is 7.26. The second-order valence-corrected chi connectivity index (χ2v) is 6.52. The Morgan fingerprint density at radius 2 is 2.04 bits per heavy atom. The highest BCUT2D eigenvalue weighted by atomic mass is 16.5. The summed E-state index contributed by atoms with van der Waals surface area (Å²) in [4.78, 5) is 22.6. The largest absolute Gasteiger partial charge is 0.378 e. The van der Waals surface area contributed by atoms with Crippen LogP contribution in [0.15, 0.2) is 35.4 Å². The van der Waals surface area contributed by atoms with E-state index in [1.807, 2.05) is 26.0 Å². The van der Waals surface area contributed by atoms with Crippen molar-refractivity contribution in [2.75, 3.05) is 31.2 Å². The average molecular weight is 339 g/mol. The van der Waals surface area contributed by atoms with E-state index in [9.17, 15) is 4.79 Å². The third-order valence-electron chi connectivity index (χ3n) is 4.57. The van der Waals surface area contributed by atoms with Crippen molar-refractivity contribution in [2.24, 2.45) is 0 Å². The number of fused-ring (bicyclic) bond motifs is 1. The topological polar surface area (TPSA) is 75.5 Å². The maximum Gasteiger partial charge on any atom is 0.279 e. The normalized spacial score (nSPS) is 15.2. The summed E-state index contributed by atoms with van der Waals surface area (Å²) in [5, 5.41) is 4.03. The molecule has 7 nitrogen and oxygen atoms in total. The van der Waals surface area contributed by atoms with E-state index < -0.39 is 0 Å². The van der Waals surface area contributed by atoms with Gasteiger partial charge in [-0.25, -0.2) is 0 Å². The van der Waals surface area contributed by atoms with E-state index in [-0.39, 0.29) is 11.5 Å². The van der Waals surface area contributed by atoms with Gasteiger partial charge in [0.1, 0.15) is 6.33 Å². The van der Waals surface area contributed by atoms with Gasteiger partial charge in [0.25, 0.3) is 5.56 Å². The second kappa shape index (κ2) is 6.33. The lowest BCUT2D eigenvalue weighted by Gasteiger charge is -2.29. The van der Waals surface area contributed by atoms with Crippen LogP contribution in [0.1, 0.15) is 25.3 Å². The molecule has 0 unspecified atom stereocenters. The zero-order chi connectivity index (χ0) is 17.4. The molecule has 1 saturated heterocycles. The molecule has 1 fully saturated rings. The van der Waals surface area contributed by atoms with Gasteiger partial charge in [-0.15, -0.1) is 0 Å². The van der Waals surface area contributed by atoms with Crippen molar-refractivity contribution < 1.29 is 4.74 Å². The Morgan fingerprint density at radius 3 is 2.80 bits per heavy atom. The number of aromatic nitrogens is 4. The monoisotopic (exact) mass is 339 g/mol. The fourth-order valence-corrected chi connectivity index (χ4v) is 3.32. The molecule has 0 spiro atoms. The average Bonchev–Trinajstić information content (AvgIpc) is 3.11. The highest BCUT2D eigenvalue weighted by molar-refractivity contribution is 5.69. The number of hydrogen-bond donors (Lipinski definition) is 1. The lowest BCUT2D eigenvalue weighted by Crippen LogP contribution is -2.36. The van der Waals surface area contributed by atoms with Crippen LogP contribution in [0, 0.1) is 0 Å². The van der Waals surface area contributed by atoms with Crippen LogP contribution in [-0.2, 0) is 4.74 Å². The Labute approximate surface area is 145 Å². The van der Waals surface area contributed by atoms with Gasteiger partial charge in [-0.1, -0.05) is 26.0 Å². The van der Waals surface area contributed by atoms with Crippen LogP contribution in [0.5, 0.6) is 0 Å². The van der Waals surface area contributed by atoms with Crippen LogP contribution in [-0.4, -0.2) is 45.9 Å². The van der Waals surface area contributed by atoms with E-state index in [2.05, 4.69) is 32.1 Å². The van der Waals surface area contributed by atoms with Crippen LogP contribution in [0.25, 0.3) is 17.0 Å². The maximum atomic E-state index is 12.8. The van der Waals surface area contributed by atoms with E-state index in [4.69, 9.17) is 4.74 Å². The SMILES string of the molecule is CC(C)c1c(-c2cccc(N3CCOCC3)c2)[nH]c2ncnn2c1=O. The van der Waals surface area contributed by atoms with Gasteiger partial charge >= 0.3 is 0 Å². The van der Waals surface area contributed by atoms with Gasteiger partial charge < -0.3 is 14.6 Å². The molecular formula is C18H21N5O2. The molecule has 0 atom stereocenters. The Kier molecular flexibility index (Phi) is 4.01. The highest BCUT2D eigenvalue weighted by Gasteiger charge is 2.19. The number of hydrogen-bond acceptors (Lipinski definition) is 5. The maximum absolute atomic E-state index is 12.8. The number of anilines is 1. The lowest BCUT2D eigenvalue weighted by atomic mass is 9.98. The zero-order valence-electron chi connectivity index (χ0n) is 14.4. The number of H-pyrrole nitrogens is 1. The third kappa shape index (κ3) is 2.80. The summed E-state index contributed by atoms with van der Waals surface area (Å²) in [6, 6.07) is 8.26. The van der Waals surface area contributed by atoms with E-state index in [0.717, 1.165) is 48.8 Å². The zero-order valence-corrected chi connectivity index (χ0v) is 14.4. The minimum absolute atomic E-state index is 0.0689. The molecule has 0 saturated carbocycles. The second-order valence-electron chi connectivity index (χ2n) is 6.52. The standard InChI is InChI=1S/C18H21N5O2/c1-12(2)15-16(21-18-19-11-20-23(18)17(15)24)13-4-3-5-14(10-13)22-6-8-25-9-7-22/h3-5,10-12H,6-9H2,1-2H3,(H,19,20,21). The first-order chi connectivity index (χ1) is 12.1. The molecule has 3 aromatic rings. The molecule has 0 amide bonds. The molecular weight excluding hydrogens is 318 g/mol. The smallest absolute Gasteiger partial charge is 0.279 e. The lowest BCUT2D eigenvalue weighted by molar-refractivity contribution is 0.122. The number of nitrogens with zero attached hydrogens (tertiary/aromatic N) is 4. The number of benzene rings is 1. The Morgan fingerprint density at radius 1 is 1.24 bits per heavy atom. The molecule has 1 aliphatic rings. The molecule has 0 bridgehead atoms. The van der Waals surface area contributed by atoms with Crippen molar-refractivity contribution in [1.82, 2.24) is 19.6 Å². The fraction of sp³-hybridized carbons (Fsp3) is 0.389. The van der Waals surface area contributed by atoms with Crippen molar-refractivity contribution in [3.63, 3.8) is 0 Å². The first kappa shape index (κ1) is 15.8. The molecule has 130 valence electrons. The summed E-state index contributed by atoms with van der Waals surface area (Å²) in [5.41, 5.74) is 3.54. The molecule has 25 heavy (non-hydrogen) atoms. The number of nitrogens with one attached hydrogen (secondary N) is 1. The molecule has 0 aliphatic carbocycles. The van der Waals surface area contributed by atoms with Gasteiger partial charge in [0.15, 0.2) is 0 Å². The molecule has 3 heterocycles. The summed E-state index contributed by atoms with van der Waals surface area (Å²) >= 11 is 0. The van der Waals surface area contributed by atoms with Crippen LogP contribution < -0.4 is 10.5 Å². The van der Waals surface area contributed by atoms with Crippen molar-refractivity contribution in [1.29, 1.82) is 0 Å². The summed E-state index contributed by atoms with van der Waals surface area (Å²) in [6.07, 6.45) is 1.39. The first-order valence-corrected chi connectivity index (χ1v) is 8.54. The van der Waals surface area contributed by atoms with E-state index in [1.165, 1.54) is 10.8 Å². The molecule has 0 radical (unpaired) electrons. The van der Waals surface area contributed by atoms with Crippen molar-refractivity contribution in [3.8, 4) is 11.3 Å². The molecule has 7 heteroatoms. The minimum atomic E-state index is -0.118. The van der Waals surface area contributed by atoms with Crippen molar-refractivity contribution in [2.45, 2.75) is 19.8 Å². The predicted octanol–water partition coefficient (Wildman–Crippen LogP) is 2.04. The van der Waals surface area contributed by atoms with Gasteiger partial charge in [0.05, 0.1) is 18.9 Å². The Balaban J connectivity index is 1.86. The van der Waals surface area contributed by atoms with Crippen LogP contribution in [0.3, 0.4) is 0 Å². The van der Waals surface area contributed by atoms with Crippen LogP contribution in [0.4, 0.5) is 5.69 Å². The predicted molar refractivity (Wildman–Crippen MR) is 96.2 cm³/mol. The van der Waals surface area contributed by atoms with Crippen LogP contribution in [0.2, 0.25) is 0 Å². The molecule has 1 aromatic carbocycles. The quantitative estimate of drug-likeness (QED) is 0.790. The van der Waals surface area contributed by atoms with E-state index in [0.29, 0.717) is 5.78 Å². The van der Waals surface area contributed by atoms with Crippen LogP contribution >= 0.6 is 0 Å². The summed E-state index contributed by atoms with van der Waals surface area (Å²) in [5.74, 6) is 0.528. The van der Waals surface area contributed by atoms with Crippen molar-refractivity contribution in [3.05, 3.63) is 46.5 Å². The number of aromatic amines is 1. The van der Waals surface area contributed by atoms with Gasteiger partial charge in [0, 0.05) is 29.9 Å². The molecule has 2 aromatic heterocycles. The Hall–Kier alpha value is -2.67. The van der Waals surface area contributed by atoms with Crippen molar-refractivity contribution >= 4 is 11.5 Å². The van der Waals surface area contributed by atoms with E-state index >= 15 is 0 Å². The van der Waals surface area contributed by atoms with E-state index in [1.54, 1.807) is 0 Å². The van der Waals surface area contributed by atoms with Gasteiger partial charge in [0.2, 0.25) is 5.78 Å². The minimum Gasteiger partial charge on any atom is -0.378 e. The Bertz CT molecular complexity index is 953.